The first kappa shape index (κ1) is 17.3. The molecule has 114 valence electrons. The molecule has 1 aromatic carbocycles. The molecule has 0 spiro atoms. The summed E-state index contributed by atoms with van der Waals surface area (Å²) in [5, 5.41) is 3.27. The zero-order valence-electron chi connectivity index (χ0n) is 12.2. The van der Waals surface area contributed by atoms with Crippen LogP contribution in [0.4, 0.5) is 5.69 Å². The highest BCUT2D eigenvalue weighted by Crippen LogP contribution is 2.25. The van der Waals surface area contributed by atoms with E-state index in [1.54, 1.807) is 6.07 Å². The Kier molecular flexibility index (Phi) is 8.02. The van der Waals surface area contributed by atoms with E-state index < -0.39 is 10.0 Å². The Morgan fingerprint density at radius 2 is 1.90 bits per heavy atom. The van der Waals surface area contributed by atoms with Crippen LogP contribution in [0, 0.1) is 0 Å². The maximum Gasteiger partial charge on any atom is 0.232 e. The number of benzene rings is 1. The van der Waals surface area contributed by atoms with E-state index in [2.05, 4.69) is 17.0 Å². The standard InChI is InChI=1S/C14H24N2O2S2/c1-3-10-15-11-6-7-12-20(17,18)16-13-8-4-5-9-14(13)19-2/h4-5,8-9,15-16H,3,6-7,10-12H2,1-2H3. The van der Waals surface area contributed by atoms with Crippen LogP contribution in [-0.4, -0.2) is 33.5 Å². The minimum atomic E-state index is -3.25. The predicted octanol–water partition coefficient (Wildman–Crippen LogP) is 2.93. The Morgan fingerprint density at radius 3 is 2.60 bits per heavy atom. The number of unbranched alkanes of at least 4 members (excludes halogenated alkanes) is 1. The van der Waals surface area contributed by atoms with Crippen LogP contribution in [0.3, 0.4) is 0 Å². The number of hydrogen-bond donors (Lipinski definition) is 2. The summed E-state index contributed by atoms with van der Waals surface area (Å²) in [4.78, 5) is 0.945. The molecule has 20 heavy (non-hydrogen) atoms. The number of anilines is 1. The summed E-state index contributed by atoms with van der Waals surface area (Å²) in [6, 6.07) is 7.46. The highest BCUT2D eigenvalue weighted by atomic mass is 32.2. The van der Waals surface area contributed by atoms with Crippen molar-refractivity contribution in [1.82, 2.24) is 5.32 Å². The SMILES string of the molecule is CCCNCCCCS(=O)(=O)Nc1ccccc1SC. The largest absolute Gasteiger partial charge is 0.317 e. The molecule has 4 nitrogen and oxygen atoms in total. The molecular formula is C14H24N2O2S2. The number of nitrogens with one attached hydrogen (secondary N) is 2. The maximum absolute atomic E-state index is 12.0. The lowest BCUT2D eigenvalue weighted by molar-refractivity contribution is 0.590. The Hall–Kier alpha value is -0.720. The average Bonchev–Trinajstić information content (AvgIpc) is 2.43. The number of hydrogen-bond acceptors (Lipinski definition) is 4. The number of rotatable bonds is 10. The third-order valence-electron chi connectivity index (χ3n) is 2.82. The second kappa shape index (κ2) is 9.26. The second-order valence-corrected chi connectivity index (χ2v) is 7.27. The van der Waals surface area contributed by atoms with Gasteiger partial charge in [0.1, 0.15) is 0 Å². The lowest BCUT2D eigenvalue weighted by atomic mass is 10.3. The minimum Gasteiger partial charge on any atom is -0.317 e. The van der Waals surface area contributed by atoms with Crippen LogP contribution >= 0.6 is 11.8 Å². The zero-order chi connectivity index (χ0) is 14.8. The Labute approximate surface area is 126 Å². The van der Waals surface area contributed by atoms with E-state index in [-0.39, 0.29) is 5.75 Å². The van der Waals surface area contributed by atoms with Crippen molar-refractivity contribution in [3.63, 3.8) is 0 Å². The van der Waals surface area contributed by atoms with Gasteiger partial charge >= 0.3 is 0 Å². The second-order valence-electron chi connectivity index (χ2n) is 4.58. The van der Waals surface area contributed by atoms with E-state index >= 15 is 0 Å². The topological polar surface area (TPSA) is 58.2 Å². The maximum atomic E-state index is 12.0. The van der Waals surface area contributed by atoms with E-state index in [9.17, 15) is 8.42 Å². The molecule has 0 aliphatic carbocycles. The minimum absolute atomic E-state index is 0.170. The molecule has 6 heteroatoms. The van der Waals surface area contributed by atoms with Gasteiger partial charge in [-0.25, -0.2) is 8.42 Å². The van der Waals surface area contributed by atoms with Crippen LogP contribution in [0.25, 0.3) is 0 Å². The van der Waals surface area contributed by atoms with E-state index in [1.165, 1.54) is 11.8 Å². The molecule has 0 aliphatic heterocycles. The number of sulfonamides is 1. The van der Waals surface area contributed by atoms with Crippen molar-refractivity contribution < 1.29 is 8.42 Å². The molecule has 0 heterocycles. The molecule has 1 rings (SSSR count). The summed E-state index contributed by atoms with van der Waals surface area (Å²) in [7, 11) is -3.25. The van der Waals surface area contributed by atoms with Gasteiger partial charge in [0, 0.05) is 4.90 Å². The van der Waals surface area contributed by atoms with Crippen LogP contribution in [0.5, 0.6) is 0 Å². The zero-order valence-corrected chi connectivity index (χ0v) is 13.8. The van der Waals surface area contributed by atoms with Crippen molar-refractivity contribution >= 4 is 27.5 Å². The van der Waals surface area contributed by atoms with Gasteiger partial charge in [0.25, 0.3) is 0 Å². The molecule has 0 atom stereocenters. The van der Waals surface area contributed by atoms with Crippen molar-refractivity contribution in [1.29, 1.82) is 0 Å². The molecule has 0 fully saturated rings. The summed E-state index contributed by atoms with van der Waals surface area (Å²) in [5.41, 5.74) is 0.670. The first-order valence-electron chi connectivity index (χ1n) is 6.93. The summed E-state index contributed by atoms with van der Waals surface area (Å²) in [6.07, 6.45) is 4.59. The van der Waals surface area contributed by atoms with Gasteiger partial charge in [-0.1, -0.05) is 19.1 Å². The molecule has 0 saturated heterocycles. The quantitative estimate of drug-likeness (QED) is 0.515. The van der Waals surface area contributed by atoms with Crippen LogP contribution < -0.4 is 10.0 Å². The van der Waals surface area contributed by atoms with E-state index in [4.69, 9.17) is 0 Å². The van der Waals surface area contributed by atoms with Gasteiger partial charge < -0.3 is 5.32 Å². The lowest BCUT2D eigenvalue weighted by Crippen LogP contribution is -2.20. The van der Waals surface area contributed by atoms with Gasteiger partial charge in [-0.3, -0.25) is 4.72 Å². The fourth-order valence-corrected chi connectivity index (χ4v) is 3.61. The van der Waals surface area contributed by atoms with Gasteiger partial charge in [0.05, 0.1) is 11.4 Å². The number of para-hydroxylation sites is 1. The molecule has 0 unspecified atom stereocenters. The van der Waals surface area contributed by atoms with Crippen LogP contribution in [-0.2, 0) is 10.0 Å². The van der Waals surface area contributed by atoms with Gasteiger partial charge in [-0.2, -0.15) is 0 Å². The van der Waals surface area contributed by atoms with Crippen molar-refractivity contribution in [3.05, 3.63) is 24.3 Å². The fourth-order valence-electron chi connectivity index (χ4n) is 1.79. The van der Waals surface area contributed by atoms with E-state index in [1.807, 2.05) is 24.5 Å². The van der Waals surface area contributed by atoms with Crippen molar-refractivity contribution in [3.8, 4) is 0 Å². The highest BCUT2D eigenvalue weighted by molar-refractivity contribution is 7.99. The molecule has 0 radical (unpaired) electrons. The molecular weight excluding hydrogens is 292 g/mol. The Balaban J connectivity index is 2.41. The summed E-state index contributed by atoms with van der Waals surface area (Å²) >= 11 is 1.54. The van der Waals surface area contributed by atoms with Crippen molar-refractivity contribution in [2.24, 2.45) is 0 Å². The molecule has 1 aromatic rings. The smallest absolute Gasteiger partial charge is 0.232 e. The van der Waals surface area contributed by atoms with Gasteiger partial charge in [0.2, 0.25) is 10.0 Å². The molecule has 0 aromatic heterocycles. The third kappa shape index (κ3) is 6.63. The van der Waals surface area contributed by atoms with Crippen LogP contribution in [0.2, 0.25) is 0 Å². The van der Waals surface area contributed by atoms with E-state index in [0.717, 1.165) is 30.8 Å². The molecule has 2 N–H and O–H groups in total. The van der Waals surface area contributed by atoms with Crippen LogP contribution in [0.15, 0.2) is 29.2 Å². The van der Waals surface area contributed by atoms with E-state index in [0.29, 0.717) is 12.1 Å². The summed E-state index contributed by atoms with van der Waals surface area (Å²) in [5.74, 6) is 0.170. The molecule has 0 saturated carbocycles. The summed E-state index contributed by atoms with van der Waals surface area (Å²) < 4.78 is 26.7. The van der Waals surface area contributed by atoms with Crippen molar-refractivity contribution in [2.75, 3.05) is 29.8 Å². The molecule has 0 bridgehead atoms. The monoisotopic (exact) mass is 316 g/mol. The molecule has 0 aliphatic rings. The Morgan fingerprint density at radius 1 is 1.15 bits per heavy atom. The predicted molar refractivity (Wildman–Crippen MR) is 88.0 cm³/mol. The first-order chi connectivity index (χ1) is 9.59. The summed E-state index contributed by atoms with van der Waals surface area (Å²) in [6.45, 7) is 3.99. The van der Waals surface area contributed by atoms with Gasteiger partial charge in [0.15, 0.2) is 0 Å². The lowest BCUT2D eigenvalue weighted by Gasteiger charge is -2.11. The fraction of sp³-hybridized carbons (Fsp3) is 0.571. The highest BCUT2D eigenvalue weighted by Gasteiger charge is 2.11. The van der Waals surface area contributed by atoms with Crippen molar-refractivity contribution in [2.45, 2.75) is 31.1 Å². The van der Waals surface area contributed by atoms with Gasteiger partial charge in [-0.05, 0) is 50.7 Å². The molecule has 0 amide bonds. The number of thioether (sulfide) groups is 1. The Bertz CT molecular complexity index is 490. The average molecular weight is 316 g/mol. The third-order valence-corrected chi connectivity index (χ3v) is 4.97. The van der Waals surface area contributed by atoms with Gasteiger partial charge in [-0.15, -0.1) is 11.8 Å². The normalized spacial score (nSPS) is 11.5. The van der Waals surface area contributed by atoms with Crippen LogP contribution in [0.1, 0.15) is 26.2 Å². The first-order valence-corrected chi connectivity index (χ1v) is 9.81.